The van der Waals surface area contributed by atoms with E-state index in [4.69, 9.17) is 18.0 Å². The van der Waals surface area contributed by atoms with Gasteiger partial charge in [0.1, 0.15) is 10.8 Å². The average Bonchev–Trinajstić information content (AvgIpc) is 2.82. The molecule has 0 unspecified atom stereocenters. The highest BCUT2D eigenvalue weighted by Crippen LogP contribution is 2.10. The van der Waals surface area contributed by atoms with Crippen LogP contribution in [0.4, 0.5) is 5.82 Å². The molecule has 0 aliphatic carbocycles. The van der Waals surface area contributed by atoms with Crippen molar-refractivity contribution in [2.45, 2.75) is 6.54 Å². The number of nitrogens with zero attached hydrogens (tertiary/aromatic N) is 3. The summed E-state index contributed by atoms with van der Waals surface area (Å²) in [4.78, 5) is 8.54. The second-order valence-electron chi connectivity index (χ2n) is 3.49. The molecule has 5 nitrogen and oxygen atoms in total. The van der Waals surface area contributed by atoms with E-state index in [1.54, 1.807) is 18.7 Å². The van der Waals surface area contributed by atoms with E-state index < -0.39 is 0 Å². The molecule has 88 valence electrons. The van der Waals surface area contributed by atoms with Crippen LogP contribution in [0.5, 0.6) is 0 Å². The van der Waals surface area contributed by atoms with Crippen LogP contribution in [0.15, 0.2) is 37.1 Å². The molecule has 0 aliphatic heterocycles. The molecule has 0 radical (unpaired) electrons. The van der Waals surface area contributed by atoms with Crippen LogP contribution in [0.2, 0.25) is 0 Å². The molecule has 6 heteroatoms. The summed E-state index contributed by atoms with van der Waals surface area (Å²) >= 11 is 4.96. The van der Waals surface area contributed by atoms with Crippen molar-refractivity contribution in [1.82, 2.24) is 14.5 Å². The number of anilines is 1. The van der Waals surface area contributed by atoms with Gasteiger partial charge < -0.3 is 15.6 Å². The zero-order valence-corrected chi connectivity index (χ0v) is 10.0. The van der Waals surface area contributed by atoms with Gasteiger partial charge in [-0.05, 0) is 12.1 Å². The van der Waals surface area contributed by atoms with Crippen LogP contribution in [0.25, 0.3) is 0 Å². The van der Waals surface area contributed by atoms with Gasteiger partial charge in [-0.3, -0.25) is 0 Å². The lowest BCUT2D eigenvalue weighted by atomic mass is 10.2. The van der Waals surface area contributed by atoms with Crippen molar-refractivity contribution in [1.29, 1.82) is 0 Å². The Hall–Kier alpha value is -1.95. The predicted molar refractivity (Wildman–Crippen MR) is 70.8 cm³/mol. The number of aromatic nitrogens is 3. The van der Waals surface area contributed by atoms with Crippen LogP contribution in [0.1, 0.15) is 5.56 Å². The zero-order chi connectivity index (χ0) is 12.1. The van der Waals surface area contributed by atoms with Crippen LogP contribution in [-0.4, -0.2) is 26.1 Å². The first-order valence-electron chi connectivity index (χ1n) is 5.22. The summed E-state index contributed by atoms with van der Waals surface area (Å²) in [5.74, 6) is 0.722. The minimum Gasteiger partial charge on any atom is -0.389 e. The maximum Gasteiger partial charge on any atom is 0.136 e. The summed E-state index contributed by atoms with van der Waals surface area (Å²) in [6.07, 6.45) is 7.14. The molecule has 2 aromatic heterocycles. The topological polar surface area (TPSA) is 68.8 Å². The van der Waals surface area contributed by atoms with Crippen molar-refractivity contribution in [2.24, 2.45) is 5.73 Å². The molecule has 3 N–H and O–H groups in total. The molecule has 0 saturated heterocycles. The second-order valence-corrected chi connectivity index (χ2v) is 3.93. The summed E-state index contributed by atoms with van der Waals surface area (Å²) < 4.78 is 1.98. The molecular weight excluding hydrogens is 234 g/mol. The van der Waals surface area contributed by atoms with Crippen LogP contribution in [0, 0.1) is 0 Å². The van der Waals surface area contributed by atoms with Gasteiger partial charge in [0.25, 0.3) is 0 Å². The number of hydrogen-bond donors (Lipinski definition) is 2. The van der Waals surface area contributed by atoms with Gasteiger partial charge in [0.15, 0.2) is 0 Å². The van der Waals surface area contributed by atoms with E-state index in [9.17, 15) is 0 Å². The lowest BCUT2D eigenvalue weighted by Crippen LogP contribution is -2.16. The molecule has 0 saturated carbocycles. The lowest BCUT2D eigenvalue weighted by Gasteiger charge is -2.09. The monoisotopic (exact) mass is 247 g/mol. The molecule has 2 aromatic rings. The van der Waals surface area contributed by atoms with E-state index in [-0.39, 0.29) is 0 Å². The summed E-state index contributed by atoms with van der Waals surface area (Å²) in [5.41, 5.74) is 6.39. The molecule has 2 heterocycles. The van der Waals surface area contributed by atoms with Crippen molar-refractivity contribution in [2.75, 3.05) is 11.9 Å². The summed E-state index contributed by atoms with van der Waals surface area (Å²) in [5, 5.41) is 3.21. The van der Waals surface area contributed by atoms with Gasteiger partial charge in [-0.1, -0.05) is 12.2 Å². The summed E-state index contributed by atoms with van der Waals surface area (Å²) in [6.45, 7) is 1.55. The smallest absolute Gasteiger partial charge is 0.136 e. The Kier molecular flexibility index (Phi) is 3.66. The molecular formula is C11H13N5S. The summed E-state index contributed by atoms with van der Waals surface area (Å²) in [7, 11) is 0. The van der Waals surface area contributed by atoms with Gasteiger partial charge in [-0.2, -0.15) is 0 Å². The van der Waals surface area contributed by atoms with E-state index in [2.05, 4.69) is 15.3 Å². The molecule has 0 aromatic carbocycles. The largest absolute Gasteiger partial charge is 0.389 e. The third-order valence-corrected chi connectivity index (χ3v) is 2.51. The fourth-order valence-corrected chi connectivity index (χ4v) is 1.63. The van der Waals surface area contributed by atoms with Gasteiger partial charge in [0.05, 0.1) is 11.9 Å². The molecule has 0 amide bonds. The molecule has 0 aliphatic rings. The Morgan fingerprint density at radius 3 is 3.06 bits per heavy atom. The number of hydrogen-bond acceptors (Lipinski definition) is 4. The van der Waals surface area contributed by atoms with Gasteiger partial charge in [0.2, 0.25) is 0 Å². The second kappa shape index (κ2) is 5.40. The molecule has 0 spiro atoms. The van der Waals surface area contributed by atoms with Crippen molar-refractivity contribution < 1.29 is 0 Å². The highest BCUT2D eigenvalue weighted by atomic mass is 32.1. The first kappa shape index (κ1) is 11.5. The van der Waals surface area contributed by atoms with Crippen LogP contribution < -0.4 is 11.1 Å². The molecule has 0 fully saturated rings. The van der Waals surface area contributed by atoms with Crippen LogP contribution in [0.3, 0.4) is 0 Å². The van der Waals surface area contributed by atoms with Crippen LogP contribution >= 0.6 is 12.2 Å². The van der Waals surface area contributed by atoms with Gasteiger partial charge in [-0.15, -0.1) is 0 Å². The highest BCUT2D eigenvalue weighted by molar-refractivity contribution is 7.80. The first-order chi connectivity index (χ1) is 8.27. The zero-order valence-electron chi connectivity index (χ0n) is 9.21. The molecule has 17 heavy (non-hydrogen) atoms. The molecule has 0 bridgehead atoms. The minimum absolute atomic E-state index is 0.350. The Morgan fingerprint density at radius 2 is 2.35 bits per heavy atom. The quantitative estimate of drug-likeness (QED) is 0.772. The maximum atomic E-state index is 5.62. The van der Waals surface area contributed by atoms with Crippen molar-refractivity contribution >= 4 is 23.0 Å². The average molecular weight is 247 g/mol. The van der Waals surface area contributed by atoms with E-state index in [0.29, 0.717) is 4.99 Å². The SMILES string of the molecule is NC(=S)c1cccnc1NCCn1ccnc1. The van der Waals surface area contributed by atoms with Gasteiger partial charge >= 0.3 is 0 Å². The highest BCUT2D eigenvalue weighted by Gasteiger charge is 2.04. The molecule has 2 rings (SSSR count). The third kappa shape index (κ3) is 3.01. The third-order valence-electron chi connectivity index (χ3n) is 2.29. The van der Waals surface area contributed by atoms with E-state index >= 15 is 0 Å². The van der Waals surface area contributed by atoms with E-state index in [0.717, 1.165) is 24.5 Å². The fraction of sp³-hybridized carbons (Fsp3) is 0.182. The Bertz CT molecular complexity index is 494. The number of nitrogens with two attached hydrogens (primary N) is 1. The Balaban J connectivity index is 1.97. The fourth-order valence-electron chi connectivity index (χ4n) is 1.47. The minimum atomic E-state index is 0.350. The van der Waals surface area contributed by atoms with Crippen molar-refractivity contribution in [3.63, 3.8) is 0 Å². The standard InChI is InChI=1S/C11H13N5S/c12-10(17)9-2-1-3-14-11(9)15-5-7-16-6-4-13-8-16/h1-4,6,8H,5,7H2,(H2,12,17)(H,14,15). The Morgan fingerprint density at radius 1 is 1.47 bits per heavy atom. The normalized spacial score (nSPS) is 10.1. The van der Waals surface area contributed by atoms with Crippen molar-refractivity contribution in [3.05, 3.63) is 42.6 Å². The number of rotatable bonds is 5. The van der Waals surface area contributed by atoms with Gasteiger partial charge in [-0.25, -0.2) is 9.97 Å². The number of pyridine rings is 1. The van der Waals surface area contributed by atoms with Crippen molar-refractivity contribution in [3.8, 4) is 0 Å². The first-order valence-corrected chi connectivity index (χ1v) is 5.62. The van der Waals surface area contributed by atoms with Gasteiger partial charge in [0, 0.05) is 31.7 Å². The summed E-state index contributed by atoms with van der Waals surface area (Å²) in [6, 6.07) is 3.67. The number of thiocarbonyl (C=S) groups is 1. The van der Waals surface area contributed by atoms with E-state index in [1.165, 1.54) is 0 Å². The predicted octanol–water partition coefficient (Wildman–Crippen LogP) is 1.02. The van der Waals surface area contributed by atoms with Crippen LogP contribution in [-0.2, 0) is 6.54 Å². The van der Waals surface area contributed by atoms with E-state index in [1.807, 2.05) is 22.9 Å². The molecule has 0 atom stereocenters. The lowest BCUT2D eigenvalue weighted by molar-refractivity contribution is 0.725. The number of nitrogens with one attached hydrogen (secondary N) is 1. The Labute approximate surface area is 105 Å². The maximum absolute atomic E-state index is 5.62. The number of imidazole rings is 1.